The van der Waals surface area contributed by atoms with E-state index in [1.165, 1.54) is 25.3 Å². The normalized spacial score (nSPS) is 14.1. The van der Waals surface area contributed by atoms with Gasteiger partial charge in [-0.15, -0.1) is 0 Å². The van der Waals surface area contributed by atoms with Gasteiger partial charge in [0, 0.05) is 22.2 Å². The topological polar surface area (TPSA) is 137 Å². The van der Waals surface area contributed by atoms with Crippen LogP contribution in [-0.2, 0) is 22.7 Å². The third-order valence-electron chi connectivity index (χ3n) is 6.08. The molecule has 1 heterocycles. The molecule has 0 saturated carbocycles. The number of nitro groups is 1. The number of amides is 4. The van der Waals surface area contributed by atoms with Gasteiger partial charge in [0.1, 0.15) is 17.9 Å². The van der Waals surface area contributed by atoms with Crippen LogP contribution < -0.4 is 19.5 Å². The van der Waals surface area contributed by atoms with Crippen LogP contribution in [0, 0.1) is 10.1 Å². The molecule has 0 atom stereocenters. The molecule has 1 aliphatic rings. The molecule has 1 N–H and O–H groups in total. The first-order chi connectivity index (χ1) is 20.1. The summed E-state index contributed by atoms with van der Waals surface area (Å²) in [4.78, 5) is 50.3. The van der Waals surface area contributed by atoms with Crippen molar-refractivity contribution in [3.8, 4) is 17.2 Å². The number of barbiturate groups is 1. The van der Waals surface area contributed by atoms with Crippen LogP contribution in [-0.4, -0.2) is 41.4 Å². The van der Waals surface area contributed by atoms with E-state index in [-0.39, 0.29) is 24.4 Å². The summed E-state index contributed by atoms with van der Waals surface area (Å²) < 4.78 is 18.2. The number of nitro benzene ring substituents is 1. The Kier molecular flexibility index (Phi) is 9.96. The molecular formula is C29H25Br2N3O8. The second-order valence-electron chi connectivity index (χ2n) is 9.06. The summed E-state index contributed by atoms with van der Waals surface area (Å²) in [6.45, 7) is 2.42. The van der Waals surface area contributed by atoms with Crippen LogP contribution in [0.25, 0.3) is 6.08 Å². The number of nitrogens with one attached hydrogen (secondary N) is 1. The minimum Gasteiger partial charge on any atom is -0.493 e. The second-order valence-corrected chi connectivity index (χ2v) is 10.8. The number of ether oxygens (including phenoxy) is 3. The molecule has 42 heavy (non-hydrogen) atoms. The van der Waals surface area contributed by atoms with Gasteiger partial charge in [0.15, 0.2) is 11.5 Å². The zero-order chi connectivity index (χ0) is 30.4. The van der Waals surface area contributed by atoms with Crippen LogP contribution in [0.2, 0.25) is 0 Å². The molecule has 13 heteroatoms. The van der Waals surface area contributed by atoms with E-state index in [0.717, 1.165) is 11.3 Å². The van der Waals surface area contributed by atoms with Crippen molar-refractivity contribution >= 4 is 61.5 Å². The number of carbonyl (C=O) groups excluding carboxylic acids is 3. The van der Waals surface area contributed by atoms with E-state index >= 15 is 0 Å². The fourth-order valence-corrected chi connectivity index (χ4v) is 5.40. The van der Waals surface area contributed by atoms with E-state index < -0.39 is 22.8 Å². The number of carbonyl (C=O) groups is 3. The van der Waals surface area contributed by atoms with E-state index in [1.807, 2.05) is 6.92 Å². The number of nitrogens with zero attached hydrogens (tertiary/aromatic N) is 2. The van der Waals surface area contributed by atoms with Crippen LogP contribution in [0.5, 0.6) is 17.2 Å². The lowest BCUT2D eigenvalue weighted by atomic mass is 10.1. The Morgan fingerprint density at radius 1 is 0.976 bits per heavy atom. The van der Waals surface area contributed by atoms with E-state index in [4.69, 9.17) is 14.2 Å². The Hall–Kier alpha value is -4.23. The minimum absolute atomic E-state index is 0.0471. The van der Waals surface area contributed by atoms with E-state index in [9.17, 15) is 24.5 Å². The SMILES string of the molecule is CCCOc1ccc(CN2C(=O)NC(=O)/C(=C\c3cc(Br)cc(Br)c3OCc3ccc([N+](=O)[O-])cc3)C2=O)cc1OC. The molecule has 3 aromatic carbocycles. The Labute approximate surface area is 257 Å². The van der Waals surface area contributed by atoms with Crippen LogP contribution >= 0.6 is 31.9 Å². The molecule has 1 fully saturated rings. The van der Waals surface area contributed by atoms with E-state index in [2.05, 4.69) is 37.2 Å². The van der Waals surface area contributed by atoms with Crippen molar-refractivity contribution in [1.82, 2.24) is 10.2 Å². The highest BCUT2D eigenvalue weighted by atomic mass is 79.9. The first kappa shape index (κ1) is 30.7. The highest BCUT2D eigenvalue weighted by Gasteiger charge is 2.36. The van der Waals surface area contributed by atoms with Gasteiger partial charge in [-0.1, -0.05) is 28.9 Å². The molecule has 0 spiro atoms. The minimum atomic E-state index is -0.850. The number of hydrogen-bond acceptors (Lipinski definition) is 8. The first-order valence-electron chi connectivity index (χ1n) is 12.6. The second kappa shape index (κ2) is 13.6. The van der Waals surface area contributed by atoms with Crippen molar-refractivity contribution in [2.45, 2.75) is 26.5 Å². The predicted octanol–water partition coefficient (Wildman–Crippen LogP) is 6.16. The van der Waals surface area contributed by atoms with Gasteiger partial charge in [0.25, 0.3) is 17.5 Å². The van der Waals surface area contributed by atoms with Crippen LogP contribution in [0.4, 0.5) is 10.5 Å². The first-order valence-corrected chi connectivity index (χ1v) is 14.2. The number of halogens is 2. The smallest absolute Gasteiger partial charge is 0.331 e. The third kappa shape index (κ3) is 7.15. The molecule has 1 aliphatic heterocycles. The average Bonchev–Trinajstić information content (AvgIpc) is 2.96. The largest absolute Gasteiger partial charge is 0.493 e. The van der Waals surface area contributed by atoms with Crippen molar-refractivity contribution < 1.29 is 33.5 Å². The Morgan fingerprint density at radius 3 is 2.36 bits per heavy atom. The summed E-state index contributed by atoms with van der Waals surface area (Å²) in [6, 6.07) is 13.5. The van der Waals surface area contributed by atoms with Gasteiger partial charge in [-0.3, -0.25) is 29.9 Å². The molecule has 11 nitrogen and oxygen atoms in total. The lowest BCUT2D eigenvalue weighted by molar-refractivity contribution is -0.384. The molecule has 0 unspecified atom stereocenters. The summed E-state index contributed by atoms with van der Waals surface area (Å²) in [5.41, 5.74) is 1.32. The number of urea groups is 1. The predicted molar refractivity (Wildman–Crippen MR) is 160 cm³/mol. The molecule has 4 amide bonds. The highest BCUT2D eigenvalue weighted by Crippen LogP contribution is 2.36. The fraction of sp³-hybridized carbons (Fsp3) is 0.207. The number of benzene rings is 3. The van der Waals surface area contributed by atoms with E-state index in [0.29, 0.717) is 49.5 Å². The molecule has 218 valence electrons. The lowest BCUT2D eigenvalue weighted by Crippen LogP contribution is -2.53. The zero-order valence-corrected chi connectivity index (χ0v) is 25.7. The summed E-state index contributed by atoms with van der Waals surface area (Å²) in [5.74, 6) is -0.326. The number of imide groups is 2. The Bertz CT molecular complexity index is 1570. The highest BCUT2D eigenvalue weighted by molar-refractivity contribution is 9.11. The van der Waals surface area contributed by atoms with Crippen LogP contribution in [0.1, 0.15) is 30.0 Å². The molecule has 0 aliphatic carbocycles. The fourth-order valence-electron chi connectivity index (χ4n) is 4.03. The summed E-state index contributed by atoms with van der Waals surface area (Å²) >= 11 is 6.86. The van der Waals surface area contributed by atoms with Crippen molar-refractivity contribution in [2.75, 3.05) is 13.7 Å². The third-order valence-corrected chi connectivity index (χ3v) is 7.13. The molecule has 0 radical (unpaired) electrons. The van der Waals surface area contributed by atoms with Crippen molar-refractivity contribution in [3.63, 3.8) is 0 Å². The zero-order valence-electron chi connectivity index (χ0n) is 22.5. The van der Waals surface area contributed by atoms with Crippen molar-refractivity contribution in [3.05, 3.63) is 95.9 Å². The summed E-state index contributed by atoms with van der Waals surface area (Å²) in [6.07, 6.45) is 2.16. The number of non-ortho nitro benzene ring substituents is 1. The van der Waals surface area contributed by atoms with Gasteiger partial charge in [-0.05, 0) is 76.0 Å². The number of hydrogen-bond donors (Lipinski definition) is 1. The van der Waals surface area contributed by atoms with E-state index in [1.54, 1.807) is 42.5 Å². The van der Waals surface area contributed by atoms with Gasteiger partial charge in [0.05, 0.1) is 29.7 Å². The van der Waals surface area contributed by atoms with Crippen molar-refractivity contribution in [1.29, 1.82) is 0 Å². The summed E-state index contributed by atoms with van der Waals surface area (Å²) in [5, 5.41) is 13.2. The molecule has 0 bridgehead atoms. The quantitative estimate of drug-likeness (QED) is 0.109. The van der Waals surface area contributed by atoms with Crippen molar-refractivity contribution in [2.24, 2.45) is 0 Å². The number of rotatable bonds is 11. The van der Waals surface area contributed by atoms with Gasteiger partial charge in [-0.2, -0.15) is 0 Å². The average molecular weight is 703 g/mol. The lowest BCUT2D eigenvalue weighted by Gasteiger charge is -2.27. The Morgan fingerprint density at radius 2 is 1.69 bits per heavy atom. The maximum atomic E-state index is 13.5. The van der Waals surface area contributed by atoms with Gasteiger partial charge in [-0.25, -0.2) is 4.79 Å². The maximum Gasteiger partial charge on any atom is 0.331 e. The maximum absolute atomic E-state index is 13.5. The molecule has 1 saturated heterocycles. The molecule has 4 rings (SSSR count). The monoisotopic (exact) mass is 701 g/mol. The molecule has 0 aromatic heterocycles. The summed E-state index contributed by atoms with van der Waals surface area (Å²) in [7, 11) is 1.49. The van der Waals surface area contributed by atoms with Crippen LogP contribution in [0.15, 0.2) is 69.1 Å². The van der Waals surface area contributed by atoms with Crippen LogP contribution in [0.3, 0.4) is 0 Å². The van der Waals surface area contributed by atoms with Gasteiger partial charge < -0.3 is 14.2 Å². The van der Waals surface area contributed by atoms with Gasteiger partial charge in [0.2, 0.25) is 0 Å². The number of methoxy groups -OCH3 is 1. The van der Waals surface area contributed by atoms with Gasteiger partial charge >= 0.3 is 6.03 Å². The standard InChI is InChI=1S/C29H25Br2N3O8/c1-3-10-41-24-9-6-18(11-25(24)40-2)15-33-28(36)22(27(35)32-29(33)37)13-19-12-20(30)14-23(31)26(19)42-16-17-4-7-21(8-5-17)34(38)39/h4-9,11-14H,3,10,15-16H2,1-2H3,(H,32,35,37)/b22-13+. The molecule has 3 aromatic rings. The Balaban J connectivity index is 1.61. The molecular weight excluding hydrogens is 678 g/mol.